The quantitative estimate of drug-likeness (QED) is 0.847. The van der Waals surface area contributed by atoms with E-state index in [4.69, 9.17) is 4.52 Å². The van der Waals surface area contributed by atoms with Gasteiger partial charge >= 0.3 is 0 Å². The first-order chi connectivity index (χ1) is 10.9. The molecular formula is C17H22N4O. The SMILES string of the molecule is c1cc(CN2CCN(Cc3cc(C4CC4)on3)CC2)ccn1. The minimum atomic E-state index is 0.651. The van der Waals surface area contributed by atoms with Gasteiger partial charge in [0.15, 0.2) is 0 Å². The Morgan fingerprint density at radius 2 is 1.68 bits per heavy atom. The number of pyridine rings is 1. The number of piperazine rings is 1. The van der Waals surface area contributed by atoms with Crippen molar-refractivity contribution in [3.05, 3.63) is 47.6 Å². The van der Waals surface area contributed by atoms with E-state index < -0.39 is 0 Å². The van der Waals surface area contributed by atoms with E-state index >= 15 is 0 Å². The molecule has 1 saturated carbocycles. The van der Waals surface area contributed by atoms with Crippen molar-refractivity contribution in [2.75, 3.05) is 26.2 Å². The zero-order chi connectivity index (χ0) is 14.8. The fourth-order valence-corrected chi connectivity index (χ4v) is 3.04. The molecule has 2 fully saturated rings. The summed E-state index contributed by atoms with van der Waals surface area (Å²) in [4.78, 5) is 9.05. The number of hydrogen-bond donors (Lipinski definition) is 0. The zero-order valence-corrected chi connectivity index (χ0v) is 12.8. The molecule has 1 saturated heterocycles. The molecule has 5 heteroatoms. The molecule has 0 bridgehead atoms. The normalized spacial score (nSPS) is 20.4. The first-order valence-corrected chi connectivity index (χ1v) is 8.16. The Hall–Kier alpha value is -1.72. The molecule has 116 valence electrons. The lowest BCUT2D eigenvalue weighted by molar-refractivity contribution is 0.120. The van der Waals surface area contributed by atoms with E-state index in [9.17, 15) is 0 Å². The van der Waals surface area contributed by atoms with E-state index in [-0.39, 0.29) is 0 Å². The first kappa shape index (κ1) is 13.9. The van der Waals surface area contributed by atoms with Crippen LogP contribution >= 0.6 is 0 Å². The lowest BCUT2D eigenvalue weighted by Gasteiger charge is -2.34. The molecule has 2 aromatic rings. The van der Waals surface area contributed by atoms with Crippen LogP contribution in [0.1, 0.15) is 35.8 Å². The van der Waals surface area contributed by atoms with Gasteiger partial charge in [0.05, 0.1) is 5.69 Å². The van der Waals surface area contributed by atoms with Crippen LogP contribution in [0.2, 0.25) is 0 Å². The summed E-state index contributed by atoms with van der Waals surface area (Å²) in [5.41, 5.74) is 2.43. The predicted octanol–water partition coefficient (Wildman–Crippen LogP) is 2.26. The van der Waals surface area contributed by atoms with Crippen molar-refractivity contribution in [1.82, 2.24) is 19.9 Å². The summed E-state index contributed by atoms with van der Waals surface area (Å²) in [6, 6.07) is 6.35. The molecule has 0 atom stereocenters. The second-order valence-corrected chi connectivity index (χ2v) is 6.40. The summed E-state index contributed by atoms with van der Waals surface area (Å²) in [6.07, 6.45) is 6.27. The largest absolute Gasteiger partial charge is 0.361 e. The molecule has 1 aliphatic heterocycles. The van der Waals surface area contributed by atoms with E-state index in [0.717, 1.165) is 50.7 Å². The van der Waals surface area contributed by atoms with Crippen LogP contribution in [0.25, 0.3) is 0 Å². The van der Waals surface area contributed by atoms with Gasteiger partial charge in [0.2, 0.25) is 0 Å². The molecule has 1 aliphatic carbocycles. The van der Waals surface area contributed by atoms with Crippen LogP contribution in [0.5, 0.6) is 0 Å². The summed E-state index contributed by atoms with van der Waals surface area (Å²) < 4.78 is 5.44. The average molecular weight is 298 g/mol. The summed E-state index contributed by atoms with van der Waals surface area (Å²) in [5, 5.41) is 4.22. The van der Waals surface area contributed by atoms with Crippen molar-refractivity contribution in [3.8, 4) is 0 Å². The van der Waals surface area contributed by atoms with Crippen LogP contribution in [-0.2, 0) is 13.1 Å². The second kappa shape index (κ2) is 6.18. The molecular weight excluding hydrogens is 276 g/mol. The van der Waals surface area contributed by atoms with Crippen LogP contribution in [0.15, 0.2) is 35.1 Å². The maximum Gasteiger partial charge on any atom is 0.140 e. The number of aromatic nitrogens is 2. The minimum Gasteiger partial charge on any atom is -0.361 e. The van der Waals surface area contributed by atoms with Crippen molar-refractivity contribution < 1.29 is 4.52 Å². The van der Waals surface area contributed by atoms with Gasteiger partial charge in [0, 0.05) is 63.6 Å². The zero-order valence-electron chi connectivity index (χ0n) is 12.8. The maximum absolute atomic E-state index is 5.44. The summed E-state index contributed by atoms with van der Waals surface area (Å²) in [6.45, 7) is 6.34. The third kappa shape index (κ3) is 3.36. The molecule has 2 aromatic heterocycles. The van der Waals surface area contributed by atoms with Crippen molar-refractivity contribution >= 4 is 0 Å². The lowest BCUT2D eigenvalue weighted by atomic mass is 10.2. The molecule has 5 nitrogen and oxygen atoms in total. The molecule has 0 radical (unpaired) electrons. The van der Waals surface area contributed by atoms with E-state index in [1.165, 1.54) is 18.4 Å². The van der Waals surface area contributed by atoms with E-state index in [2.05, 4.69) is 38.1 Å². The van der Waals surface area contributed by atoms with Crippen molar-refractivity contribution in [3.63, 3.8) is 0 Å². The Bertz CT molecular complexity index is 600. The van der Waals surface area contributed by atoms with Gasteiger partial charge in [0.1, 0.15) is 5.76 Å². The van der Waals surface area contributed by atoms with Gasteiger partial charge in [-0.05, 0) is 30.5 Å². The van der Waals surface area contributed by atoms with E-state index in [0.29, 0.717) is 5.92 Å². The first-order valence-electron chi connectivity index (χ1n) is 8.16. The summed E-state index contributed by atoms with van der Waals surface area (Å²) in [5.74, 6) is 1.74. The van der Waals surface area contributed by atoms with Crippen LogP contribution in [0.4, 0.5) is 0 Å². The number of nitrogens with zero attached hydrogens (tertiary/aromatic N) is 4. The predicted molar refractivity (Wildman–Crippen MR) is 83.3 cm³/mol. The molecule has 4 rings (SSSR count). The van der Waals surface area contributed by atoms with Crippen LogP contribution in [0.3, 0.4) is 0 Å². The van der Waals surface area contributed by atoms with E-state index in [1.807, 2.05) is 12.4 Å². The summed E-state index contributed by atoms with van der Waals surface area (Å²) >= 11 is 0. The molecule has 0 aromatic carbocycles. The number of hydrogen-bond acceptors (Lipinski definition) is 5. The van der Waals surface area contributed by atoms with Crippen LogP contribution in [-0.4, -0.2) is 46.1 Å². The monoisotopic (exact) mass is 298 g/mol. The second-order valence-electron chi connectivity index (χ2n) is 6.40. The Morgan fingerprint density at radius 1 is 1.00 bits per heavy atom. The van der Waals surface area contributed by atoms with Crippen LogP contribution in [0, 0.1) is 0 Å². The molecule has 0 N–H and O–H groups in total. The highest BCUT2D eigenvalue weighted by Crippen LogP contribution is 2.40. The molecule has 3 heterocycles. The Morgan fingerprint density at radius 3 is 2.36 bits per heavy atom. The Labute approximate surface area is 130 Å². The Balaban J connectivity index is 1.26. The highest BCUT2D eigenvalue weighted by Gasteiger charge is 2.28. The van der Waals surface area contributed by atoms with Crippen molar-refractivity contribution in [2.45, 2.75) is 31.8 Å². The van der Waals surface area contributed by atoms with Crippen molar-refractivity contribution in [1.29, 1.82) is 0 Å². The molecule has 2 aliphatic rings. The highest BCUT2D eigenvalue weighted by molar-refractivity contribution is 5.14. The van der Waals surface area contributed by atoms with E-state index in [1.54, 1.807) is 0 Å². The average Bonchev–Trinajstić information content (AvgIpc) is 3.30. The van der Waals surface area contributed by atoms with Gasteiger partial charge in [-0.1, -0.05) is 5.16 Å². The minimum absolute atomic E-state index is 0.651. The van der Waals surface area contributed by atoms with Gasteiger partial charge in [-0.3, -0.25) is 14.8 Å². The highest BCUT2D eigenvalue weighted by atomic mass is 16.5. The van der Waals surface area contributed by atoms with Gasteiger partial charge in [-0.25, -0.2) is 0 Å². The Kier molecular flexibility index (Phi) is 3.91. The fourth-order valence-electron chi connectivity index (χ4n) is 3.04. The topological polar surface area (TPSA) is 45.4 Å². The van der Waals surface area contributed by atoms with Gasteiger partial charge in [0.25, 0.3) is 0 Å². The molecule has 0 spiro atoms. The molecule has 0 amide bonds. The third-order valence-corrected chi connectivity index (χ3v) is 4.56. The molecule has 0 unspecified atom stereocenters. The lowest BCUT2D eigenvalue weighted by Crippen LogP contribution is -2.45. The van der Waals surface area contributed by atoms with Gasteiger partial charge in [-0.15, -0.1) is 0 Å². The number of rotatable bonds is 5. The maximum atomic E-state index is 5.44. The van der Waals surface area contributed by atoms with Gasteiger partial charge in [-0.2, -0.15) is 0 Å². The van der Waals surface area contributed by atoms with Gasteiger partial charge < -0.3 is 4.52 Å². The smallest absolute Gasteiger partial charge is 0.140 e. The fraction of sp³-hybridized carbons (Fsp3) is 0.529. The third-order valence-electron chi connectivity index (χ3n) is 4.56. The van der Waals surface area contributed by atoms with Crippen LogP contribution < -0.4 is 0 Å². The summed E-state index contributed by atoms with van der Waals surface area (Å²) in [7, 11) is 0. The standard InChI is InChI=1S/C17H22N4O/c1-2-15(1)17-11-16(19-22-17)13-21-9-7-20(8-10-21)12-14-3-5-18-6-4-14/h3-6,11,15H,1-2,7-10,12-13H2. The van der Waals surface area contributed by atoms with Crippen molar-refractivity contribution in [2.24, 2.45) is 0 Å². The molecule has 22 heavy (non-hydrogen) atoms.